The van der Waals surface area contributed by atoms with E-state index in [2.05, 4.69) is 18.2 Å². The molecule has 0 aliphatic rings. The van der Waals surface area contributed by atoms with E-state index in [1.165, 1.54) is 0 Å². The molecule has 0 saturated carbocycles. The summed E-state index contributed by atoms with van der Waals surface area (Å²) in [6, 6.07) is 32.6. The van der Waals surface area contributed by atoms with E-state index in [9.17, 15) is 0 Å². The molecule has 27 heavy (non-hydrogen) atoms. The lowest BCUT2D eigenvalue weighted by Crippen LogP contribution is -2.09. The number of rotatable bonds is 5. The number of ether oxygens (including phenoxy) is 1. The number of hydrogen-bond acceptors (Lipinski definition) is 3. The molecule has 0 radical (unpaired) electrons. The normalized spacial score (nSPS) is 11.0. The third-order valence-corrected chi connectivity index (χ3v) is 4.45. The van der Waals surface area contributed by atoms with Crippen LogP contribution in [0.15, 0.2) is 102 Å². The fourth-order valence-corrected chi connectivity index (χ4v) is 3.12. The molecule has 0 atom stereocenters. The first-order valence-electron chi connectivity index (χ1n) is 8.87. The van der Waals surface area contributed by atoms with Gasteiger partial charge in [-0.1, -0.05) is 66.7 Å². The standard InChI is InChI=1S/C24H20N2O/c1-27-24-17-16-19-10-8-9-15-22(19)23(24)18-25-26(20-11-4-2-5-12-20)21-13-6-3-7-14-21/h2-18H,1H3. The average molecular weight is 352 g/mol. The predicted octanol–water partition coefficient (Wildman–Crippen LogP) is 6.02. The molecule has 4 aromatic carbocycles. The van der Waals surface area contributed by atoms with Crippen LogP contribution >= 0.6 is 0 Å². The topological polar surface area (TPSA) is 24.8 Å². The van der Waals surface area contributed by atoms with Crippen LogP contribution in [0.1, 0.15) is 5.56 Å². The third-order valence-electron chi connectivity index (χ3n) is 4.45. The maximum Gasteiger partial charge on any atom is 0.128 e. The van der Waals surface area contributed by atoms with Crippen molar-refractivity contribution in [3.8, 4) is 5.75 Å². The van der Waals surface area contributed by atoms with Crippen LogP contribution in [0.2, 0.25) is 0 Å². The van der Waals surface area contributed by atoms with Gasteiger partial charge in [0.1, 0.15) is 5.75 Å². The SMILES string of the molecule is COc1ccc2ccccc2c1C=NN(c1ccccc1)c1ccccc1. The minimum Gasteiger partial charge on any atom is -0.496 e. The maximum atomic E-state index is 5.59. The van der Waals surface area contributed by atoms with Crippen molar-refractivity contribution in [2.75, 3.05) is 12.1 Å². The van der Waals surface area contributed by atoms with Crippen molar-refractivity contribution in [1.82, 2.24) is 0 Å². The highest BCUT2D eigenvalue weighted by Gasteiger charge is 2.09. The zero-order valence-electron chi connectivity index (χ0n) is 15.1. The molecule has 0 amide bonds. The summed E-state index contributed by atoms with van der Waals surface area (Å²) in [7, 11) is 1.69. The van der Waals surface area contributed by atoms with E-state index < -0.39 is 0 Å². The van der Waals surface area contributed by atoms with Crippen molar-refractivity contribution >= 4 is 28.4 Å². The fraction of sp³-hybridized carbons (Fsp3) is 0.0417. The lowest BCUT2D eigenvalue weighted by molar-refractivity contribution is 0.415. The highest BCUT2D eigenvalue weighted by molar-refractivity contribution is 6.02. The lowest BCUT2D eigenvalue weighted by atomic mass is 10.0. The molecule has 0 bridgehead atoms. The highest BCUT2D eigenvalue weighted by Crippen LogP contribution is 2.29. The van der Waals surface area contributed by atoms with Gasteiger partial charge in [-0.25, -0.2) is 5.01 Å². The molecule has 0 aromatic heterocycles. The minimum atomic E-state index is 0.804. The van der Waals surface area contributed by atoms with Gasteiger partial charge in [0.05, 0.1) is 24.7 Å². The molecule has 0 unspecified atom stereocenters. The average Bonchev–Trinajstić information content (AvgIpc) is 2.75. The zero-order chi connectivity index (χ0) is 18.5. The molecule has 0 aliphatic heterocycles. The Labute approximate surface area is 159 Å². The molecular weight excluding hydrogens is 332 g/mol. The van der Waals surface area contributed by atoms with Crippen molar-refractivity contribution in [2.45, 2.75) is 0 Å². The summed E-state index contributed by atoms with van der Waals surface area (Å²) in [5.41, 5.74) is 2.96. The van der Waals surface area contributed by atoms with Gasteiger partial charge in [0.25, 0.3) is 0 Å². The molecule has 4 aromatic rings. The largest absolute Gasteiger partial charge is 0.496 e. The molecule has 0 spiro atoms. The number of nitrogens with zero attached hydrogens (tertiary/aromatic N) is 2. The van der Waals surface area contributed by atoms with E-state index in [4.69, 9.17) is 9.84 Å². The molecular formula is C24H20N2O. The maximum absolute atomic E-state index is 5.59. The van der Waals surface area contributed by atoms with E-state index in [0.717, 1.165) is 33.5 Å². The Bertz CT molecular complexity index is 1020. The first-order valence-corrected chi connectivity index (χ1v) is 8.87. The van der Waals surface area contributed by atoms with Gasteiger partial charge in [-0.15, -0.1) is 0 Å². The van der Waals surface area contributed by atoms with Crippen molar-refractivity contribution in [3.63, 3.8) is 0 Å². The molecule has 0 N–H and O–H groups in total. The number of benzene rings is 4. The van der Waals surface area contributed by atoms with Gasteiger partial charge in [-0.2, -0.15) is 5.10 Å². The van der Waals surface area contributed by atoms with Crippen LogP contribution < -0.4 is 9.75 Å². The Kier molecular flexibility index (Phi) is 4.84. The second kappa shape index (κ2) is 7.75. The lowest BCUT2D eigenvalue weighted by Gasteiger charge is -2.19. The van der Waals surface area contributed by atoms with Gasteiger partial charge < -0.3 is 4.74 Å². The van der Waals surface area contributed by atoms with Crippen LogP contribution in [0.3, 0.4) is 0 Å². The van der Waals surface area contributed by atoms with Gasteiger partial charge >= 0.3 is 0 Å². The second-order valence-electron chi connectivity index (χ2n) is 6.13. The van der Waals surface area contributed by atoms with Crippen LogP contribution in [-0.4, -0.2) is 13.3 Å². The van der Waals surface area contributed by atoms with Crippen LogP contribution in [0.5, 0.6) is 5.75 Å². The van der Waals surface area contributed by atoms with E-state index in [1.54, 1.807) is 7.11 Å². The highest BCUT2D eigenvalue weighted by atomic mass is 16.5. The first kappa shape index (κ1) is 16.9. The van der Waals surface area contributed by atoms with Crippen LogP contribution in [0.25, 0.3) is 10.8 Å². The summed E-state index contributed by atoms with van der Waals surface area (Å²) < 4.78 is 5.59. The van der Waals surface area contributed by atoms with Gasteiger partial charge in [0.15, 0.2) is 0 Å². The van der Waals surface area contributed by atoms with Crippen molar-refractivity contribution in [2.24, 2.45) is 5.10 Å². The zero-order valence-corrected chi connectivity index (χ0v) is 15.1. The Hall–Kier alpha value is -3.59. The summed E-state index contributed by atoms with van der Waals surface area (Å²) in [6.45, 7) is 0. The van der Waals surface area contributed by atoms with Gasteiger partial charge in [0, 0.05) is 5.56 Å². The van der Waals surface area contributed by atoms with E-state index in [1.807, 2.05) is 90.1 Å². The van der Waals surface area contributed by atoms with Gasteiger partial charge in [0.2, 0.25) is 0 Å². The molecule has 4 rings (SSSR count). The van der Waals surface area contributed by atoms with Crippen molar-refractivity contribution in [3.05, 3.63) is 103 Å². The molecule has 3 heteroatoms. The third kappa shape index (κ3) is 3.53. The van der Waals surface area contributed by atoms with Crippen molar-refractivity contribution in [1.29, 1.82) is 0 Å². The number of hydrazone groups is 1. The van der Waals surface area contributed by atoms with Gasteiger partial charge in [-0.3, -0.25) is 0 Å². The van der Waals surface area contributed by atoms with E-state index >= 15 is 0 Å². The minimum absolute atomic E-state index is 0.804. The summed E-state index contributed by atoms with van der Waals surface area (Å²) in [4.78, 5) is 0. The molecule has 132 valence electrons. The first-order chi connectivity index (χ1) is 13.4. The number of hydrogen-bond donors (Lipinski definition) is 0. The summed E-state index contributed by atoms with van der Waals surface area (Å²) >= 11 is 0. The Morgan fingerprint density at radius 1 is 0.704 bits per heavy atom. The van der Waals surface area contributed by atoms with Crippen LogP contribution in [0, 0.1) is 0 Å². The van der Waals surface area contributed by atoms with E-state index in [0.29, 0.717) is 0 Å². The summed E-state index contributed by atoms with van der Waals surface area (Å²) in [5, 5.41) is 9.02. The predicted molar refractivity (Wildman–Crippen MR) is 113 cm³/mol. The monoisotopic (exact) mass is 352 g/mol. The molecule has 0 aliphatic carbocycles. The number of methoxy groups -OCH3 is 1. The number of fused-ring (bicyclic) bond motifs is 1. The molecule has 3 nitrogen and oxygen atoms in total. The molecule has 0 fully saturated rings. The Morgan fingerprint density at radius 2 is 1.30 bits per heavy atom. The Morgan fingerprint density at radius 3 is 1.93 bits per heavy atom. The summed E-state index contributed by atoms with van der Waals surface area (Å²) in [6.07, 6.45) is 1.88. The fourth-order valence-electron chi connectivity index (χ4n) is 3.12. The molecule has 0 saturated heterocycles. The van der Waals surface area contributed by atoms with Crippen LogP contribution in [0.4, 0.5) is 11.4 Å². The Balaban J connectivity index is 1.82. The summed E-state index contributed by atoms with van der Waals surface area (Å²) in [5.74, 6) is 0.804. The number of para-hydroxylation sites is 2. The second-order valence-corrected chi connectivity index (χ2v) is 6.13. The van der Waals surface area contributed by atoms with Crippen LogP contribution in [-0.2, 0) is 0 Å². The van der Waals surface area contributed by atoms with Gasteiger partial charge in [-0.05, 0) is 41.1 Å². The van der Waals surface area contributed by atoms with E-state index in [-0.39, 0.29) is 0 Å². The molecule has 0 heterocycles. The van der Waals surface area contributed by atoms with Crippen molar-refractivity contribution < 1.29 is 4.74 Å². The number of anilines is 2. The smallest absolute Gasteiger partial charge is 0.128 e. The quantitative estimate of drug-likeness (QED) is 0.324.